The number of nitrogens with one attached hydrogen (secondary N) is 2. The monoisotopic (exact) mass is 290 g/mol. The Hall–Kier alpha value is 0.0400. The van der Waals surface area contributed by atoms with Crippen LogP contribution in [-0.2, 0) is 0 Å². The summed E-state index contributed by atoms with van der Waals surface area (Å²) in [5.74, 6) is 1.06. The van der Waals surface area contributed by atoms with Crippen molar-refractivity contribution < 1.29 is 0 Å². The standard InChI is InChI=1S/C14H27ClN2S/c1-11(7-6-8-16-3)13(10-17-4)12(2)9-14(15)18-5/h9,11,13,16-17H,2,6-8,10H2,1,3-5H3/b14-9-/t11-,13?/m0/s1. The minimum Gasteiger partial charge on any atom is -0.320 e. The second-order valence-electron chi connectivity index (χ2n) is 4.61. The molecule has 0 heterocycles. The smallest absolute Gasteiger partial charge is 0.0734 e. The summed E-state index contributed by atoms with van der Waals surface area (Å²) < 4.78 is 0.809. The molecule has 0 saturated carbocycles. The topological polar surface area (TPSA) is 24.1 Å². The van der Waals surface area contributed by atoms with Crippen LogP contribution in [0.1, 0.15) is 19.8 Å². The van der Waals surface area contributed by atoms with Crippen LogP contribution in [-0.4, -0.2) is 33.4 Å². The molecule has 0 fully saturated rings. The van der Waals surface area contributed by atoms with E-state index in [0.29, 0.717) is 11.8 Å². The van der Waals surface area contributed by atoms with Crippen molar-refractivity contribution in [3.8, 4) is 0 Å². The van der Waals surface area contributed by atoms with Crippen molar-refractivity contribution in [2.75, 3.05) is 33.4 Å². The summed E-state index contributed by atoms with van der Waals surface area (Å²) in [6.45, 7) is 8.50. The third-order valence-corrected chi connectivity index (χ3v) is 4.25. The van der Waals surface area contributed by atoms with Gasteiger partial charge in [0.1, 0.15) is 0 Å². The Morgan fingerprint density at radius 1 is 1.39 bits per heavy atom. The van der Waals surface area contributed by atoms with E-state index in [9.17, 15) is 0 Å². The molecule has 0 aliphatic heterocycles. The van der Waals surface area contributed by atoms with Crippen LogP contribution in [0.3, 0.4) is 0 Å². The zero-order valence-electron chi connectivity index (χ0n) is 12.1. The molecule has 2 nitrogen and oxygen atoms in total. The van der Waals surface area contributed by atoms with Crippen molar-refractivity contribution in [3.05, 3.63) is 22.6 Å². The highest BCUT2D eigenvalue weighted by Gasteiger charge is 2.18. The van der Waals surface area contributed by atoms with E-state index in [0.717, 1.165) is 23.0 Å². The lowest BCUT2D eigenvalue weighted by molar-refractivity contribution is 0.370. The maximum Gasteiger partial charge on any atom is 0.0734 e. The van der Waals surface area contributed by atoms with Crippen LogP contribution in [0.2, 0.25) is 0 Å². The van der Waals surface area contributed by atoms with E-state index in [2.05, 4.69) is 24.1 Å². The molecule has 0 radical (unpaired) electrons. The average molecular weight is 291 g/mol. The molecule has 0 amide bonds. The highest BCUT2D eigenvalue weighted by atomic mass is 35.5. The van der Waals surface area contributed by atoms with Gasteiger partial charge in [-0.25, -0.2) is 0 Å². The molecule has 2 N–H and O–H groups in total. The molecule has 0 aliphatic carbocycles. The molecule has 0 spiro atoms. The van der Waals surface area contributed by atoms with E-state index in [-0.39, 0.29) is 0 Å². The molecule has 0 rings (SSSR count). The van der Waals surface area contributed by atoms with Crippen LogP contribution >= 0.6 is 23.4 Å². The van der Waals surface area contributed by atoms with Gasteiger partial charge in [0.15, 0.2) is 0 Å². The van der Waals surface area contributed by atoms with Crippen LogP contribution in [0.15, 0.2) is 22.6 Å². The van der Waals surface area contributed by atoms with Crippen LogP contribution in [0.4, 0.5) is 0 Å². The van der Waals surface area contributed by atoms with Gasteiger partial charge >= 0.3 is 0 Å². The molecular weight excluding hydrogens is 264 g/mol. The van der Waals surface area contributed by atoms with Gasteiger partial charge in [0.25, 0.3) is 0 Å². The van der Waals surface area contributed by atoms with Crippen molar-refractivity contribution in [1.29, 1.82) is 0 Å². The Balaban J connectivity index is 4.48. The molecule has 0 aliphatic rings. The molecule has 1 unspecified atom stereocenters. The van der Waals surface area contributed by atoms with Gasteiger partial charge in [-0.2, -0.15) is 0 Å². The van der Waals surface area contributed by atoms with Gasteiger partial charge in [-0.1, -0.05) is 25.1 Å². The van der Waals surface area contributed by atoms with E-state index >= 15 is 0 Å². The van der Waals surface area contributed by atoms with Crippen molar-refractivity contribution in [3.63, 3.8) is 0 Å². The van der Waals surface area contributed by atoms with Crippen LogP contribution in [0.25, 0.3) is 0 Å². The molecule has 0 aromatic carbocycles. The molecule has 4 heteroatoms. The maximum atomic E-state index is 6.07. The minimum absolute atomic E-state index is 0.452. The normalized spacial score (nSPS) is 15.5. The highest BCUT2D eigenvalue weighted by Crippen LogP contribution is 2.27. The van der Waals surface area contributed by atoms with Crippen LogP contribution in [0, 0.1) is 11.8 Å². The first-order valence-electron chi connectivity index (χ1n) is 6.46. The lowest BCUT2D eigenvalue weighted by Gasteiger charge is -2.24. The van der Waals surface area contributed by atoms with E-state index < -0.39 is 0 Å². The summed E-state index contributed by atoms with van der Waals surface area (Å²) in [5, 5.41) is 6.45. The highest BCUT2D eigenvalue weighted by molar-refractivity contribution is 8.03. The van der Waals surface area contributed by atoms with Crippen molar-refractivity contribution in [2.45, 2.75) is 19.8 Å². The third kappa shape index (κ3) is 7.47. The molecular formula is C14H27ClN2S. The zero-order valence-corrected chi connectivity index (χ0v) is 13.6. The number of hydrogen-bond donors (Lipinski definition) is 2. The summed E-state index contributed by atoms with van der Waals surface area (Å²) in [6, 6.07) is 0. The van der Waals surface area contributed by atoms with Gasteiger partial charge in [0.2, 0.25) is 0 Å². The van der Waals surface area contributed by atoms with Gasteiger partial charge in [-0.3, -0.25) is 0 Å². The first kappa shape index (κ1) is 18.0. The van der Waals surface area contributed by atoms with Gasteiger partial charge in [0.05, 0.1) is 4.36 Å². The average Bonchev–Trinajstić information content (AvgIpc) is 2.35. The summed E-state index contributed by atoms with van der Waals surface area (Å²) >= 11 is 7.63. The number of allylic oxidation sites excluding steroid dienone is 1. The Labute approximate surface area is 122 Å². The van der Waals surface area contributed by atoms with Crippen LogP contribution in [0.5, 0.6) is 0 Å². The van der Waals surface area contributed by atoms with E-state index in [4.69, 9.17) is 11.6 Å². The maximum absolute atomic E-state index is 6.07. The largest absolute Gasteiger partial charge is 0.320 e. The summed E-state index contributed by atoms with van der Waals surface area (Å²) in [7, 11) is 3.98. The van der Waals surface area contributed by atoms with Gasteiger partial charge in [-0.05, 0) is 63.2 Å². The molecule has 0 bridgehead atoms. The number of thioether (sulfide) groups is 1. The number of hydrogen-bond acceptors (Lipinski definition) is 3. The Morgan fingerprint density at radius 3 is 2.56 bits per heavy atom. The molecule has 2 atom stereocenters. The molecule has 18 heavy (non-hydrogen) atoms. The molecule has 0 saturated heterocycles. The SMILES string of the molecule is C=C(/C=C(/Cl)SC)C(CNC)[C@@H](C)CCCNC. The predicted molar refractivity (Wildman–Crippen MR) is 86.3 cm³/mol. The first-order valence-corrected chi connectivity index (χ1v) is 8.06. The van der Waals surface area contributed by atoms with Crippen molar-refractivity contribution in [1.82, 2.24) is 10.6 Å². The molecule has 0 aromatic heterocycles. The van der Waals surface area contributed by atoms with E-state index in [1.807, 2.05) is 26.4 Å². The number of rotatable bonds is 10. The molecule has 0 aromatic rings. The predicted octanol–water partition coefficient (Wildman–Crippen LogP) is 3.46. The second-order valence-corrected chi connectivity index (χ2v) is 6.09. The quantitative estimate of drug-likeness (QED) is 0.476. The van der Waals surface area contributed by atoms with E-state index in [1.54, 1.807) is 11.8 Å². The minimum atomic E-state index is 0.452. The fourth-order valence-electron chi connectivity index (χ4n) is 2.03. The van der Waals surface area contributed by atoms with Crippen LogP contribution < -0.4 is 10.6 Å². The van der Waals surface area contributed by atoms with Gasteiger partial charge in [0, 0.05) is 6.54 Å². The third-order valence-electron chi connectivity index (χ3n) is 3.17. The number of halogens is 1. The first-order chi connectivity index (χ1) is 8.56. The Morgan fingerprint density at radius 2 is 2.06 bits per heavy atom. The Kier molecular flexibility index (Phi) is 10.9. The van der Waals surface area contributed by atoms with Crippen molar-refractivity contribution in [2.24, 2.45) is 11.8 Å². The zero-order chi connectivity index (χ0) is 14.0. The lowest BCUT2D eigenvalue weighted by atomic mass is 9.84. The Bertz CT molecular complexity index is 267. The summed E-state index contributed by atoms with van der Waals surface area (Å²) in [6.07, 6.45) is 6.39. The summed E-state index contributed by atoms with van der Waals surface area (Å²) in [5.41, 5.74) is 1.13. The van der Waals surface area contributed by atoms with Gasteiger partial charge < -0.3 is 10.6 Å². The molecule has 106 valence electrons. The summed E-state index contributed by atoms with van der Waals surface area (Å²) in [4.78, 5) is 0. The second kappa shape index (κ2) is 10.9. The fourth-order valence-corrected chi connectivity index (χ4v) is 2.44. The van der Waals surface area contributed by atoms with E-state index in [1.165, 1.54) is 12.8 Å². The van der Waals surface area contributed by atoms with Gasteiger partial charge in [-0.15, -0.1) is 11.8 Å². The lowest BCUT2D eigenvalue weighted by Crippen LogP contribution is -2.26. The fraction of sp³-hybridized carbons (Fsp3) is 0.714. The van der Waals surface area contributed by atoms with Crippen molar-refractivity contribution >= 4 is 23.4 Å².